The van der Waals surface area contributed by atoms with E-state index in [9.17, 15) is 0 Å². The Morgan fingerprint density at radius 3 is 2.62 bits per heavy atom. The summed E-state index contributed by atoms with van der Waals surface area (Å²) in [5.41, 5.74) is 0.996. The quantitative estimate of drug-likeness (QED) is 0.890. The zero-order chi connectivity index (χ0) is 12.1. The highest BCUT2D eigenvalue weighted by Gasteiger charge is 2.10. The summed E-state index contributed by atoms with van der Waals surface area (Å²) in [6.45, 7) is 4.54. The van der Waals surface area contributed by atoms with E-state index in [1.54, 1.807) is 6.07 Å². The number of nitrogens with zero attached hydrogens (tertiary/aromatic N) is 1. The van der Waals surface area contributed by atoms with Crippen molar-refractivity contribution < 1.29 is 0 Å². The first kappa shape index (κ1) is 13.3. The lowest BCUT2D eigenvalue weighted by Crippen LogP contribution is -2.24. The minimum atomic E-state index is -0.00599. The normalized spacial score (nSPS) is 14.2. The van der Waals surface area contributed by atoms with Gasteiger partial charge in [-0.1, -0.05) is 29.3 Å². The smallest absolute Gasteiger partial charge is 0.0666 e. The lowest BCUT2D eigenvalue weighted by molar-refractivity contribution is 0.528. The minimum absolute atomic E-state index is 0.00599. The van der Waals surface area contributed by atoms with Gasteiger partial charge in [0.15, 0.2) is 0 Å². The monoisotopic (exact) mass is 256 g/mol. The van der Waals surface area contributed by atoms with Gasteiger partial charge in [0, 0.05) is 22.6 Å². The van der Waals surface area contributed by atoms with Crippen molar-refractivity contribution in [3.8, 4) is 6.07 Å². The van der Waals surface area contributed by atoms with Crippen LogP contribution >= 0.6 is 23.2 Å². The molecule has 1 N–H and O–H groups in total. The van der Waals surface area contributed by atoms with Crippen LogP contribution in [0.25, 0.3) is 0 Å². The number of hydrogen-bond acceptors (Lipinski definition) is 2. The third kappa shape index (κ3) is 3.68. The molecule has 16 heavy (non-hydrogen) atoms. The van der Waals surface area contributed by atoms with Crippen molar-refractivity contribution in [3.63, 3.8) is 0 Å². The van der Waals surface area contributed by atoms with Crippen molar-refractivity contribution in [2.45, 2.75) is 19.9 Å². The predicted molar refractivity (Wildman–Crippen MR) is 67.7 cm³/mol. The summed E-state index contributed by atoms with van der Waals surface area (Å²) < 4.78 is 0. The number of nitrogens with one attached hydrogen (secondary N) is 1. The van der Waals surface area contributed by atoms with Crippen LogP contribution in [0, 0.1) is 17.2 Å². The van der Waals surface area contributed by atoms with Gasteiger partial charge in [0.05, 0.1) is 12.0 Å². The maximum Gasteiger partial charge on any atom is 0.0666 e. The third-order valence-corrected chi connectivity index (χ3v) is 2.94. The van der Waals surface area contributed by atoms with Crippen LogP contribution in [0.5, 0.6) is 0 Å². The summed E-state index contributed by atoms with van der Waals surface area (Å²) in [6, 6.07) is 7.73. The van der Waals surface area contributed by atoms with E-state index in [4.69, 9.17) is 28.5 Å². The maximum absolute atomic E-state index is 8.68. The van der Waals surface area contributed by atoms with Gasteiger partial charge in [-0.15, -0.1) is 0 Å². The fourth-order valence-corrected chi connectivity index (χ4v) is 1.93. The second-order valence-corrected chi connectivity index (χ2v) is 4.67. The molecule has 4 heteroatoms. The largest absolute Gasteiger partial charge is 0.309 e. The SMILES string of the molecule is CC(C#N)CNC(C)c1ccc(Cl)cc1Cl. The Balaban J connectivity index is 2.66. The molecule has 2 unspecified atom stereocenters. The Labute approximate surface area is 106 Å². The molecule has 0 saturated heterocycles. The van der Waals surface area contributed by atoms with Crippen LogP contribution in [0.15, 0.2) is 18.2 Å². The summed E-state index contributed by atoms with van der Waals surface area (Å²) in [5.74, 6) is -0.00599. The summed E-state index contributed by atoms with van der Waals surface area (Å²) in [5, 5.41) is 13.2. The van der Waals surface area contributed by atoms with Crippen LogP contribution in [0.3, 0.4) is 0 Å². The first-order valence-electron chi connectivity index (χ1n) is 5.12. The zero-order valence-corrected chi connectivity index (χ0v) is 10.8. The zero-order valence-electron chi connectivity index (χ0n) is 9.30. The van der Waals surface area contributed by atoms with Gasteiger partial charge < -0.3 is 5.32 Å². The molecule has 0 fully saturated rings. The Kier molecular flexibility index (Phi) is 5.08. The molecule has 0 aliphatic rings. The molecule has 0 aliphatic carbocycles. The molecule has 0 saturated carbocycles. The lowest BCUT2D eigenvalue weighted by atomic mass is 10.1. The molecular formula is C12H14Cl2N2. The molecule has 0 amide bonds. The van der Waals surface area contributed by atoms with Crippen molar-refractivity contribution in [1.29, 1.82) is 5.26 Å². The molecule has 2 nitrogen and oxygen atoms in total. The highest BCUT2D eigenvalue weighted by Crippen LogP contribution is 2.25. The molecule has 0 aromatic heterocycles. The van der Waals surface area contributed by atoms with E-state index in [1.807, 2.05) is 26.0 Å². The molecule has 0 heterocycles. The Hall–Kier alpha value is -0.750. The van der Waals surface area contributed by atoms with E-state index in [0.717, 1.165) is 5.56 Å². The molecular weight excluding hydrogens is 243 g/mol. The van der Waals surface area contributed by atoms with E-state index >= 15 is 0 Å². The Morgan fingerprint density at radius 1 is 1.38 bits per heavy atom. The number of nitriles is 1. The van der Waals surface area contributed by atoms with E-state index in [-0.39, 0.29) is 12.0 Å². The van der Waals surface area contributed by atoms with Crippen LogP contribution < -0.4 is 5.32 Å². The molecule has 1 rings (SSSR count). The standard InChI is InChI=1S/C12H14Cl2N2/c1-8(6-15)7-16-9(2)11-4-3-10(13)5-12(11)14/h3-5,8-9,16H,7H2,1-2H3. The molecule has 0 radical (unpaired) electrons. The first-order valence-corrected chi connectivity index (χ1v) is 5.88. The average molecular weight is 257 g/mol. The fraction of sp³-hybridized carbons (Fsp3) is 0.417. The Morgan fingerprint density at radius 2 is 2.06 bits per heavy atom. The van der Waals surface area contributed by atoms with Crippen LogP contribution in [0.4, 0.5) is 0 Å². The summed E-state index contributed by atoms with van der Waals surface area (Å²) in [7, 11) is 0. The molecule has 1 aromatic rings. The van der Waals surface area contributed by atoms with Crippen molar-refractivity contribution in [1.82, 2.24) is 5.32 Å². The second kappa shape index (κ2) is 6.10. The number of rotatable bonds is 4. The van der Waals surface area contributed by atoms with Gasteiger partial charge >= 0.3 is 0 Å². The van der Waals surface area contributed by atoms with Gasteiger partial charge in [-0.25, -0.2) is 0 Å². The number of halogens is 2. The van der Waals surface area contributed by atoms with Crippen molar-refractivity contribution in [2.75, 3.05) is 6.54 Å². The molecule has 0 aliphatic heterocycles. The lowest BCUT2D eigenvalue weighted by Gasteiger charge is -2.16. The molecule has 0 spiro atoms. The minimum Gasteiger partial charge on any atom is -0.309 e. The summed E-state index contributed by atoms with van der Waals surface area (Å²) in [6.07, 6.45) is 0. The number of hydrogen-bond donors (Lipinski definition) is 1. The highest BCUT2D eigenvalue weighted by atomic mass is 35.5. The van der Waals surface area contributed by atoms with Gasteiger partial charge in [0.1, 0.15) is 0 Å². The van der Waals surface area contributed by atoms with E-state index in [0.29, 0.717) is 16.6 Å². The van der Waals surface area contributed by atoms with Crippen LogP contribution in [-0.4, -0.2) is 6.54 Å². The van der Waals surface area contributed by atoms with Gasteiger partial charge in [0.2, 0.25) is 0 Å². The number of benzene rings is 1. The Bertz CT molecular complexity index is 398. The summed E-state index contributed by atoms with van der Waals surface area (Å²) >= 11 is 11.9. The summed E-state index contributed by atoms with van der Waals surface area (Å²) in [4.78, 5) is 0. The average Bonchev–Trinajstić information content (AvgIpc) is 2.25. The predicted octanol–water partition coefficient (Wildman–Crippen LogP) is 3.80. The third-order valence-electron chi connectivity index (χ3n) is 2.38. The van der Waals surface area contributed by atoms with Crippen molar-refractivity contribution in [2.24, 2.45) is 5.92 Å². The van der Waals surface area contributed by atoms with Crippen LogP contribution in [0.1, 0.15) is 25.5 Å². The van der Waals surface area contributed by atoms with Gasteiger partial charge in [-0.2, -0.15) is 5.26 Å². The van der Waals surface area contributed by atoms with Gasteiger partial charge in [-0.3, -0.25) is 0 Å². The van der Waals surface area contributed by atoms with Crippen LogP contribution in [-0.2, 0) is 0 Å². The molecule has 1 aromatic carbocycles. The first-order chi connectivity index (χ1) is 7.54. The molecule has 86 valence electrons. The highest BCUT2D eigenvalue weighted by molar-refractivity contribution is 6.35. The van der Waals surface area contributed by atoms with E-state index < -0.39 is 0 Å². The van der Waals surface area contributed by atoms with E-state index in [1.165, 1.54) is 0 Å². The van der Waals surface area contributed by atoms with Gasteiger partial charge in [0.25, 0.3) is 0 Å². The van der Waals surface area contributed by atoms with Crippen molar-refractivity contribution >= 4 is 23.2 Å². The van der Waals surface area contributed by atoms with Crippen molar-refractivity contribution in [3.05, 3.63) is 33.8 Å². The molecule has 0 bridgehead atoms. The van der Waals surface area contributed by atoms with E-state index in [2.05, 4.69) is 11.4 Å². The second-order valence-electron chi connectivity index (χ2n) is 3.83. The fourth-order valence-electron chi connectivity index (χ4n) is 1.36. The van der Waals surface area contributed by atoms with Gasteiger partial charge in [-0.05, 0) is 31.5 Å². The van der Waals surface area contributed by atoms with Crippen LogP contribution in [0.2, 0.25) is 10.0 Å². The molecule has 2 atom stereocenters. The topological polar surface area (TPSA) is 35.8 Å². The maximum atomic E-state index is 8.68.